The molecule has 1 fully saturated rings. The van der Waals surface area contributed by atoms with Crippen LogP contribution in [0.5, 0.6) is 5.75 Å². The van der Waals surface area contributed by atoms with Crippen molar-refractivity contribution in [3.63, 3.8) is 0 Å². The van der Waals surface area contributed by atoms with Gasteiger partial charge in [0.2, 0.25) is 20.0 Å². The van der Waals surface area contributed by atoms with Crippen molar-refractivity contribution in [1.82, 2.24) is 9.62 Å². The molecule has 45 heavy (non-hydrogen) atoms. The Morgan fingerprint density at radius 2 is 1.69 bits per heavy atom. The van der Waals surface area contributed by atoms with Crippen molar-refractivity contribution in [2.24, 2.45) is 0 Å². The van der Waals surface area contributed by atoms with Gasteiger partial charge in [-0.2, -0.15) is 4.31 Å². The van der Waals surface area contributed by atoms with Gasteiger partial charge in [0, 0.05) is 43.5 Å². The summed E-state index contributed by atoms with van der Waals surface area (Å²) in [4.78, 5) is 13.3. The van der Waals surface area contributed by atoms with Crippen LogP contribution in [-0.4, -0.2) is 80.9 Å². The van der Waals surface area contributed by atoms with Gasteiger partial charge >= 0.3 is 5.97 Å². The minimum absolute atomic E-state index is 0.0312. The predicted molar refractivity (Wildman–Crippen MR) is 163 cm³/mol. The number of aliphatic carboxylic acids is 1. The van der Waals surface area contributed by atoms with Crippen molar-refractivity contribution in [1.29, 1.82) is 0 Å². The Morgan fingerprint density at radius 3 is 2.31 bits per heavy atom. The van der Waals surface area contributed by atoms with E-state index in [2.05, 4.69) is 10.0 Å². The molecule has 1 aliphatic heterocycles. The lowest BCUT2D eigenvalue weighted by atomic mass is 10.0. The summed E-state index contributed by atoms with van der Waals surface area (Å²) in [6.45, 7) is -0.190. The number of phenolic OH excluding ortho intramolecular Hbond substituents is 1. The number of benzene rings is 3. The number of piperidine rings is 1. The third-order valence-corrected chi connectivity index (χ3v) is 9.70. The van der Waals surface area contributed by atoms with E-state index in [-0.39, 0.29) is 34.5 Å². The summed E-state index contributed by atoms with van der Waals surface area (Å²) in [5, 5.41) is 33.1. The molecule has 0 spiro atoms. The molecule has 0 aliphatic carbocycles. The van der Waals surface area contributed by atoms with Gasteiger partial charge in [-0.05, 0) is 73.0 Å². The SMILES string of the molecule is CS(=O)(=O)Nc1cc(C(O)CNC2CCN(c3ccc(S(=O)(=O)N(CC(=O)O)Cc4cc(F)ccc4F)cc3)CC2)ccc1O. The van der Waals surface area contributed by atoms with Gasteiger partial charge in [0.1, 0.15) is 23.9 Å². The maximum Gasteiger partial charge on any atom is 0.318 e. The van der Waals surface area contributed by atoms with Gasteiger partial charge in [-0.15, -0.1) is 0 Å². The molecule has 244 valence electrons. The molecule has 1 atom stereocenters. The van der Waals surface area contributed by atoms with Gasteiger partial charge in [-0.25, -0.2) is 25.6 Å². The molecule has 16 heteroatoms. The number of aromatic hydroxyl groups is 1. The Balaban J connectivity index is 1.35. The van der Waals surface area contributed by atoms with Crippen LogP contribution in [0.2, 0.25) is 0 Å². The van der Waals surface area contributed by atoms with E-state index in [9.17, 15) is 45.7 Å². The largest absolute Gasteiger partial charge is 0.506 e. The molecule has 1 heterocycles. The van der Waals surface area contributed by atoms with Crippen molar-refractivity contribution >= 4 is 37.4 Å². The number of carbonyl (C=O) groups is 1. The maximum atomic E-state index is 14.2. The highest BCUT2D eigenvalue weighted by atomic mass is 32.2. The van der Waals surface area contributed by atoms with Gasteiger partial charge in [0.05, 0.1) is 22.9 Å². The van der Waals surface area contributed by atoms with Crippen LogP contribution in [0.25, 0.3) is 0 Å². The zero-order chi connectivity index (χ0) is 32.9. The second kappa shape index (κ2) is 14.1. The number of aliphatic hydroxyl groups is 1. The quantitative estimate of drug-likeness (QED) is 0.170. The van der Waals surface area contributed by atoms with E-state index in [0.717, 1.165) is 30.1 Å². The van der Waals surface area contributed by atoms with E-state index >= 15 is 0 Å². The molecule has 12 nitrogen and oxygen atoms in total. The monoisotopic (exact) mass is 668 g/mol. The molecular weight excluding hydrogens is 634 g/mol. The summed E-state index contributed by atoms with van der Waals surface area (Å²) in [5.41, 5.74) is 0.832. The third kappa shape index (κ3) is 9.11. The van der Waals surface area contributed by atoms with Crippen LogP contribution < -0.4 is 14.9 Å². The number of anilines is 2. The number of aliphatic hydroxyl groups excluding tert-OH is 1. The van der Waals surface area contributed by atoms with E-state index in [4.69, 9.17) is 0 Å². The number of hydrogen-bond donors (Lipinski definition) is 5. The van der Waals surface area contributed by atoms with Crippen LogP contribution >= 0.6 is 0 Å². The predicted octanol–water partition coefficient (Wildman–Crippen LogP) is 2.61. The lowest BCUT2D eigenvalue weighted by Gasteiger charge is -2.34. The summed E-state index contributed by atoms with van der Waals surface area (Å²) in [5.74, 6) is -3.36. The fourth-order valence-electron chi connectivity index (χ4n) is 4.99. The number of phenols is 1. The third-order valence-electron chi connectivity index (χ3n) is 7.30. The summed E-state index contributed by atoms with van der Waals surface area (Å²) in [6, 6.07) is 12.7. The average molecular weight is 669 g/mol. The summed E-state index contributed by atoms with van der Waals surface area (Å²) in [7, 11) is -7.99. The van der Waals surface area contributed by atoms with Crippen molar-refractivity contribution in [3.8, 4) is 5.75 Å². The van der Waals surface area contributed by atoms with Crippen molar-refractivity contribution in [3.05, 3.63) is 83.4 Å². The van der Waals surface area contributed by atoms with Crippen LogP contribution in [0.1, 0.15) is 30.1 Å². The van der Waals surface area contributed by atoms with Gasteiger partial charge in [-0.1, -0.05) is 6.07 Å². The number of nitrogens with zero attached hydrogens (tertiary/aromatic N) is 2. The first kappa shape index (κ1) is 34.1. The Hall–Kier alpha value is -3.83. The molecule has 1 aliphatic rings. The Labute approximate surface area is 260 Å². The summed E-state index contributed by atoms with van der Waals surface area (Å²) >= 11 is 0. The van der Waals surface area contributed by atoms with Gasteiger partial charge in [0.15, 0.2) is 0 Å². The topological polar surface area (TPSA) is 177 Å². The molecule has 4 rings (SSSR count). The normalized spacial score (nSPS) is 15.3. The molecule has 3 aromatic carbocycles. The van der Waals surface area contributed by atoms with Crippen LogP contribution in [0.3, 0.4) is 0 Å². The number of rotatable bonds is 13. The minimum Gasteiger partial charge on any atom is -0.506 e. The first-order chi connectivity index (χ1) is 21.1. The summed E-state index contributed by atoms with van der Waals surface area (Å²) < 4.78 is 80.3. The zero-order valence-corrected chi connectivity index (χ0v) is 25.9. The standard InChI is InChI=1S/C29H34F2N4O8S2/c1-44(40,41)33-26-15-19(2-9-27(26)36)28(37)16-32-22-10-12-34(13-11-22)23-4-6-24(7-5-23)45(42,43)35(18-29(38)39)17-20-14-21(30)3-8-25(20)31/h2-9,14-15,22,28,32-33,36-37H,10-13,16-18H2,1H3,(H,38,39). The van der Waals surface area contributed by atoms with E-state index in [1.165, 1.54) is 30.3 Å². The lowest BCUT2D eigenvalue weighted by Crippen LogP contribution is -2.43. The molecule has 0 amide bonds. The van der Waals surface area contributed by atoms with E-state index in [1.807, 2.05) is 4.90 Å². The fourth-order valence-corrected chi connectivity index (χ4v) is 6.92. The highest BCUT2D eigenvalue weighted by molar-refractivity contribution is 7.92. The molecule has 0 saturated carbocycles. The smallest absolute Gasteiger partial charge is 0.318 e. The molecule has 1 saturated heterocycles. The molecule has 0 radical (unpaired) electrons. The number of nitrogens with one attached hydrogen (secondary N) is 2. The van der Waals surface area contributed by atoms with Crippen molar-refractivity contribution in [2.45, 2.75) is 36.4 Å². The molecule has 5 N–H and O–H groups in total. The van der Waals surface area contributed by atoms with E-state index in [0.29, 0.717) is 35.8 Å². The molecule has 0 bridgehead atoms. The van der Waals surface area contributed by atoms with Crippen LogP contribution in [-0.2, 0) is 31.4 Å². The van der Waals surface area contributed by atoms with Crippen molar-refractivity contribution < 1.29 is 45.7 Å². The minimum atomic E-state index is -4.37. The average Bonchev–Trinajstić information content (AvgIpc) is 2.98. The van der Waals surface area contributed by atoms with Crippen LogP contribution in [0.4, 0.5) is 20.2 Å². The van der Waals surface area contributed by atoms with Gasteiger partial charge < -0.3 is 25.5 Å². The molecule has 1 unspecified atom stereocenters. The zero-order valence-electron chi connectivity index (χ0n) is 24.2. The first-order valence-electron chi connectivity index (χ1n) is 13.9. The number of halogens is 2. The van der Waals surface area contributed by atoms with Crippen LogP contribution in [0.15, 0.2) is 65.6 Å². The highest BCUT2D eigenvalue weighted by Gasteiger charge is 2.28. The Morgan fingerprint density at radius 1 is 1.02 bits per heavy atom. The number of hydrogen-bond acceptors (Lipinski definition) is 9. The maximum absolute atomic E-state index is 14.2. The van der Waals surface area contributed by atoms with Gasteiger partial charge in [0.25, 0.3) is 0 Å². The second-order valence-corrected chi connectivity index (χ2v) is 14.4. The first-order valence-corrected chi connectivity index (χ1v) is 17.2. The van der Waals surface area contributed by atoms with Crippen molar-refractivity contribution in [2.75, 3.05) is 42.1 Å². The second-order valence-electron chi connectivity index (χ2n) is 10.7. The molecular formula is C29H34F2N4O8S2. The lowest BCUT2D eigenvalue weighted by molar-refractivity contribution is -0.137. The summed E-state index contributed by atoms with van der Waals surface area (Å²) in [6.07, 6.45) is 1.40. The van der Waals surface area contributed by atoms with Crippen LogP contribution in [0, 0.1) is 11.6 Å². The van der Waals surface area contributed by atoms with E-state index < -0.39 is 56.8 Å². The number of sulfonamides is 2. The van der Waals surface area contributed by atoms with E-state index in [1.54, 1.807) is 12.1 Å². The fraction of sp³-hybridized carbons (Fsp3) is 0.345. The molecule has 3 aromatic rings. The van der Waals surface area contributed by atoms with Gasteiger partial charge in [-0.3, -0.25) is 9.52 Å². The Bertz CT molecular complexity index is 1730. The highest BCUT2D eigenvalue weighted by Crippen LogP contribution is 2.29. The Kier molecular flexibility index (Phi) is 10.7. The molecule has 0 aromatic heterocycles. The number of carboxylic acids is 1. The number of carboxylic acid groups (broad SMARTS) is 1.